The molecule has 0 saturated heterocycles. The smallest absolute Gasteiger partial charge is 0.135 e. The Morgan fingerprint density at radius 2 is 1.26 bits per heavy atom. The second-order valence-electron chi connectivity index (χ2n) is 11.3. The van der Waals surface area contributed by atoms with Gasteiger partial charge in [0.05, 0.1) is 5.41 Å². The van der Waals surface area contributed by atoms with Crippen molar-refractivity contribution in [1.82, 2.24) is 0 Å². The molecule has 6 aromatic carbocycles. The molecule has 1 nitrogen and oxygen atoms in total. The molecule has 1 heterocycles. The number of aryl methyl sites for hydroxylation is 1. The van der Waals surface area contributed by atoms with Gasteiger partial charge in [-0.2, -0.15) is 0 Å². The molecule has 0 unspecified atom stereocenters. The van der Waals surface area contributed by atoms with Crippen molar-refractivity contribution in [2.45, 2.75) is 25.2 Å². The summed E-state index contributed by atoms with van der Waals surface area (Å²) in [7, 11) is 0. The molecule has 0 bridgehead atoms. The molecular formula is C40H29FO. The fourth-order valence-electron chi connectivity index (χ4n) is 7.14. The Hall–Kier alpha value is -4.95. The van der Waals surface area contributed by atoms with Gasteiger partial charge >= 0.3 is 0 Å². The minimum absolute atomic E-state index is 0.194. The number of rotatable bonds is 5. The van der Waals surface area contributed by atoms with Crippen molar-refractivity contribution in [3.8, 4) is 22.3 Å². The normalized spacial score (nSPS) is 13.4. The SMILES string of the molecule is CCCc1cc(F)cc(-c2ccc3oc4cc5c(cc4c3c2)-c2ccccc2C5(c2ccccc2)c2ccccc2)c1. The quantitative estimate of drug-likeness (QED) is 0.210. The van der Waals surface area contributed by atoms with E-state index in [0.717, 1.165) is 51.5 Å². The van der Waals surface area contributed by atoms with Gasteiger partial charge in [0.2, 0.25) is 0 Å². The van der Waals surface area contributed by atoms with Crippen molar-refractivity contribution in [3.05, 3.63) is 167 Å². The Bertz CT molecular complexity index is 2060. The van der Waals surface area contributed by atoms with Crippen molar-refractivity contribution >= 4 is 21.9 Å². The topological polar surface area (TPSA) is 13.1 Å². The zero-order valence-electron chi connectivity index (χ0n) is 23.4. The number of halogens is 1. The molecule has 0 aliphatic heterocycles. The van der Waals surface area contributed by atoms with Crippen molar-refractivity contribution in [3.63, 3.8) is 0 Å². The molecule has 0 spiro atoms. The zero-order valence-corrected chi connectivity index (χ0v) is 23.4. The Labute approximate surface area is 244 Å². The predicted molar refractivity (Wildman–Crippen MR) is 170 cm³/mol. The summed E-state index contributed by atoms with van der Waals surface area (Å²) in [6, 6.07) is 46.5. The van der Waals surface area contributed by atoms with E-state index >= 15 is 0 Å². The number of furan rings is 1. The van der Waals surface area contributed by atoms with Gasteiger partial charge in [-0.05, 0) is 92.9 Å². The summed E-state index contributed by atoms with van der Waals surface area (Å²) >= 11 is 0. The highest BCUT2D eigenvalue weighted by atomic mass is 19.1. The van der Waals surface area contributed by atoms with Crippen LogP contribution in [0.3, 0.4) is 0 Å². The van der Waals surface area contributed by atoms with Crippen LogP contribution in [-0.4, -0.2) is 0 Å². The molecule has 0 N–H and O–H groups in total. The Morgan fingerprint density at radius 1 is 0.571 bits per heavy atom. The molecule has 1 aromatic heterocycles. The third-order valence-electron chi connectivity index (χ3n) is 8.88. The molecule has 202 valence electrons. The lowest BCUT2D eigenvalue weighted by atomic mass is 9.67. The summed E-state index contributed by atoms with van der Waals surface area (Å²) in [4.78, 5) is 0. The first-order valence-corrected chi connectivity index (χ1v) is 14.7. The van der Waals surface area contributed by atoms with Crippen molar-refractivity contribution in [2.24, 2.45) is 0 Å². The molecule has 0 atom stereocenters. The zero-order chi connectivity index (χ0) is 28.3. The maximum Gasteiger partial charge on any atom is 0.135 e. The van der Waals surface area contributed by atoms with Gasteiger partial charge < -0.3 is 4.42 Å². The predicted octanol–water partition coefficient (Wildman–Crippen LogP) is 10.7. The van der Waals surface area contributed by atoms with Crippen LogP contribution in [0, 0.1) is 5.82 Å². The van der Waals surface area contributed by atoms with Gasteiger partial charge in [-0.3, -0.25) is 0 Å². The van der Waals surface area contributed by atoms with Gasteiger partial charge in [0.15, 0.2) is 0 Å². The highest BCUT2D eigenvalue weighted by Crippen LogP contribution is 2.57. The summed E-state index contributed by atoms with van der Waals surface area (Å²) < 4.78 is 21.1. The molecule has 0 saturated carbocycles. The minimum atomic E-state index is -0.468. The first kappa shape index (κ1) is 24.8. The van der Waals surface area contributed by atoms with Gasteiger partial charge in [-0.25, -0.2) is 4.39 Å². The van der Waals surface area contributed by atoms with Crippen LogP contribution >= 0.6 is 0 Å². The second kappa shape index (κ2) is 9.56. The van der Waals surface area contributed by atoms with E-state index in [9.17, 15) is 4.39 Å². The van der Waals surface area contributed by atoms with E-state index in [4.69, 9.17) is 4.42 Å². The monoisotopic (exact) mass is 544 g/mol. The van der Waals surface area contributed by atoms with Gasteiger partial charge in [-0.15, -0.1) is 0 Å². The van der Waals surface area contributed by atoms with Crippen LogP contribution < -0.4 is 0 Å². The molecule has 42 heavy (non-hydrogen) atoms. The maximum atomic E-state index is 14.6. The summed E-state index contributed by atoms with van der Waals surface area (Å²) in [5.41, 5.74) is 11.6. The fourth-order valence-corrected chi connectivity index (χ4v) is 7.14. The third-order valence-corrected chi connectivity index (χ3v) is 8.88. The van der Waals surface area contributed by atoms with E-state index in [0.29, 0.717) is 0 Å². The average Bonchev–Trinajstić information content (AvgIpc) is 3.53. The molecule has 7 aromatic rings. The van der Waals surface area contributed by atoms with Crippen LogP contribution in [0.4, 0.5) is 4.39 Å². The third kappa shape index (κ3) is 3.61. The molecule has 0 fully saturated rings. The summed E-state index contributed by atoms with van der Waals surface area (Å²) in [5.74, 6) is -0.194. The van der Waals surface area contributed by atoms with Gasteiger partial charge in [0.1, 0.15) is 17.0 Å². The summed E-state index contributed by atoms with van der Waals surface area (Å²) in [6.45, 7) is 2.12. The number of hydrogen-bond acceptors (Lipinski definition) is 1. The van der Waals surface area contributed by atoms with Crippen LogP contribution in [-0.2, 0) is 11.8 Å². The van der Waals surface area contributed by atoms with Crippen molar-refractivity contribution in [2.75, 3.05) is 0 Å². The van der Waals surface area contributed by atoms with Crippen molar-refractivity contribution < 1.29 is 8.81 Å². The van der Waals surface area contributed by atoms with E-state index in [-0.39, 0.29) is 5.82 Å². The van der Waals surface area contributed by atoms with Crippen LogP contribution in [0.1, 0.15) is 41.2 Å². The molecule has 0 radical (unpaired) electrons. The van der Waals surface area contributed by atoms with E-state index in [1.54, 1.807) is 12.1 Å². The molecular weight excluding hydrogens is 515 g/mol. The minimum Gasteiger partial charge on any atom is -0.456 e. The van der Waals surface area contributed by atoms with Gasteiger partial charge in [0.25, 0.3) is 0 Å². The standard InChI is InChI=1S/C40H29FO/c1-2-11-26-20-28(22-31(41)21-26)27-18-19-38-34(23-27)35-24-33-32-16-9-10-17-36(32)40(29-12-5-3-6-13-29,30-14-7-4-8-15-30)37(33)25-39(35)42-38/h3-10,12-25H,2,11H2,1H3. The lowest BCUT2D eigenvalue weighted by molar-refractivity contribution is 0.625. The highest BCUT2D eigenvalue weighted by molar-refractivity contribution is 6.09. The molecule has 2 heteroatoms. The van der Waals surface area contributed by atoms with Crippen LogP contribution in [0.15, 0.2) is 138 Å². The molecule has 0 amide bonds. The van der Waals surface area contributed by atoms with Gasteiger partial charge in [-0.1, -0.05) is 110 Å². The Balaban J connectivity index is 1.41. The first-order chi connectivity index (χ1) is 20.7. The van der Waals surface area contributed by atoms with Crippen molar-refractivity contribution in [1.29, 1.82) is 0 Å². The molecule has 1 aliphatic rings. The van der Waals surface area contributed by atoms with Crippen LogP contribution in [0.25, 0.3) is 44.2 Å². The Kier molecular flexibility index (Phi) is 5.65. The maximum absolute atomic E-state index is 14.6. The first-order valence-electron chi connectivity index (χ1n) is 14.7. The van der Waals surface area contributed by atoms with E-state index in [2.05, 4.69) is 116 Å². The number of fused-ring (bicyclic) bond motifs is 6. The Morgan fingerprint density at radius 3 is 2.00 bits per heavy atom. The highest BCUT2D eigenvalue weighted by Gasteiger charge is 2.46. The summed E-state index contributed by atoms with van der Waals surface area (Å²) in [6.07, 6.45) is 1.84. The number of hydrogen-bond donors (Lipinski definition) is 0. The van der Waals surface area contributed by atoms with E-state index < -0.39 is 5.41 Å². The van der Waals surface area contributed by atoms with E-state index in [1.807, 2.05) is 12.1 Å². The summed E-state index contributed by atoms with van der Waals surface area (Å²) in [5, 5.41) is 2.11. The van der Waals surface area contributed by atoms with Crippen LogP contribution in [0.2, 0.25) is 0 Å². The fraction of sp³-hybridized carbons (Fsp3) is 0.100. The molecule has 1 aliphatic carbocycles. The molecule has 8 rings (SSSR count). The lowest BCUT2D eigenvalue weighted by Crippen LogP contribution is -2.28. The average molecular weight is 545 g/mol. The second-order valence-corrected chi connectivity index (χ2v) is 11.3. The number of benzene rings is 6. The van der Waals surface area contributed by atoms with E-state index in [1.165, 1.54) is 33.4 Å². The lowest BCUT2D eigenvalue weighted by Gasteiger charge is -2.33. The van der Waals surface area contributed by atoms with Gasteiger partial charge in [0, 0.05) is 10.8 Å². The largest absolute Gasteiger partial charge is 0.456 e. The van der Waals surface area contributed by atoms with Crippen LogP contribution in [0.5, 0.6) is 0 Å².